The van der Waals surface area contributed by atoms with E-state index in [1.165, 1.54) is 12.7 Å². The van der Waals surface area contributed by atoms with Gasteiger partial charge in [-0.2, -0.15) is 0 Å². The van der Waals surface area contributed by atoms with Crippen LogP contribution < -0.4 is 0 Å². The van der Waals surface area contributed by atoms with Crippen LogP contribution in [-0.4, -0.2) is 31.2 Å². The predicted molar refractivity (Wildman–Crippen MR) is 68.7 cm³/mol. The molecule has 1 N–H and O–H groups in total. The van der Waals surface area contributed by atoms with Gasteiger partial charge in [0.15, 0.2) is 5.79 Å². The Balaban J connectivity index is 2.96. The molecule has 0 aromatic rings. The van der Waals surface area contributed by atoms with Crippen molar-refractivity contribution in [2.24, 2.45) is 5.92 Å². The van der Waals surface area contributed by atoms with Crippen LogP contribution in [0, 0.1) is 5.92 Å². The summed E-state index contributed by atoms with van der Waals surface area (Å²) in [6, 6.07) is 0. The Morgan fingerprint density at radius 1 is 1.59 bits per heavy atom. The van der Waals surface area contributed by atoms with E-state index >= 15 is 0 Å². The lowest BCUT2D eigenvalue weighted by atomic mass is 9.78. The fraction of sp³-hybridized carbons (Fsp3) is 0.714. The molecule has 0 bridgehead atoms. The molecule has 0 fully saturated rings. The SMILES string of the molecule is C=CCC1=CC(OC)C(O)(OC)CC1CCC. The Morgan fingerprint density at radius 2 is 2.29 bits per heavy atom. The van der Waals surface area contributed by atoms with Gasteiger partial charge in [-0.15, -0.1) is 6.58 Å². The molecule has 0 aliphatic heterocycles. The van der Waals surface area contributed by atoms with E-state index in [9.17, 15) is 5.11 Å². The summed E-state index contributed by atoms with van der Waals surface area (Å²) < 4.78 is 10.6. The molecule has 0 saturated heterocycles. The molecule has 17 heavy (non-hydrogen) atoms. The first-order valence-electron chi connectivity index (χ1n) is 6.23. The number of rotatable bonds is 6. The standard InChI is InChI=1S/C14H24O3/c1-5-7-11-9-13(16-3)14(15,17-4)10-12(11)8-6-2/h5,9,12-13,15H,1,6-8,10H2,2-4H3. The Hall–Kier alpha value is -0.640. The highest BCUT2D eigenvalue weighted by molar-refractivity contribution is 5.20. The maximum absolute atomic E-state index is 10.4. The van der Waals surface area contributed by atoms with Gasteiger partial charge in [0.2, 0.25) is 0 Å². The van der Waals surface area contributed by atoms with Gasteiger partial charge in [-0.1, -0.05) is 31.1 Å². The lowest BCUT2D eigenvalue weighted by Crippen LogP contribution is -2.48. The summed E-state index contributed by atoms with van der Waals surface area (Å²) in [5.74, 6) is -0.839. The van der Waals surface area contributed by atoms with Crippen LogP contribution in [0.1, 0.15) is 32.6 Å². The molecule has 0 saturated carbocycles. The molecule has 3 heteroatoms. The first-order valence-corrected chi connectivity index (χ1v) is 6.23. The minimum atomic E-state index is -1.20. The van der Waals surface area contributed by atoms with Crippen molar-refractivity contribution in [3.63, 3.8) is 0 Å². The zero-order valence-electron chi connectivity index (χ0n) is 11.1. The van der Waals surface area contributed by atoms with Gasteiger partial charge in [0.25, 0.3) is 0 Å². The average Bonchev–Trinajstić information content (AvgIpc) is 2.33. The summed E-state index contributed by atoms with van der Waals surface area (Å²) in [5.41, 5.74) is 1.30. The number of methoxy groups -OCH3 is 2. The van der Waals surface area contributed by atoms with Gasteiger partial charge >= 0.3 is 0 Å². The van der Waals surface area contributed by atoms with Gasteiger partial charge in [-0.25, -0.2) is 0 Å². The zero-order valence-corrected chi connectivity index (χ0v) is 11.1. The van der Waals surface area contributed by atoms with Crippen LogP contribution in [-0.2, 0) is 9.47 Å². The Bertz CT molecular complexity index is 285. The summed E-state index contributed by atoms with van der Waals surface area (Å²) >= 11 is 0. The summed E-state index contributed by atoms with van der Waals surface area (Å²) in [4.78, 5) is 0. The van der Waals surface area contributed by atoms with Crippen molar-refractivity contribution in [3.8, 4) is 0 Å². The van der Waals surface area contributed by atoms with Crippen LogP contribution >= 0.6 is 0 Å². The molecule has 1 rings (SSSR count). The Kier molecular flexibility index (Phi) is 5.37. The molecule has 3 unspecified atom stereocenters. The van der Waals surface area contributed by atoms with Crippen molar-refractivity contribution in [1.29, 1.82) is 0 Å². The molecule has 1 aliphatic carbocycles. The highest BCUT2D eigenvalue weighted by Gasteiger charge is 2.42. The molecular weight excluding hydrogens is 216 g/mol. The summed E-state index contributed by atoms with van der Waals surface area (Å²) in [7, 11) is 3.12. The summed E-state index contributed by atoms with van der Waals surface area (Å²) in [6.07, 6.45) is 7.10. The number of hydrogen-bond acceptors (Lipinski definition) is 3. The first-order chi connectivity index (χ1) is 8.11. The predicted octanol–water partition coefficient (Wildman–Crippen LogP) is 2.66. The second-order valence-electron chi connectivity index (χ2n) is 4.63. The molecule has 1 aliphatic rings. The topological polar surface area (TPSA) is 38.7 Å². The van der Waals surface area contributed by atoms with E-state index < -0.39 is 11.9 Å². The van der Waals surface area contributed by atoms with Crippen molar-refractivity contribution < 1.29 is 14.6 Å². The van der Waals surface area contributed by atoms with E-state index in [-0.39, 0.29) is 0 Å². The average molecular weight is 240 g/mol. The molecule has 0 amide bonds. The largest absolute Gasteiger partial charge is 0.372 e. The maximum Gasteiger partial charge on any atom is 0.196 e. The van der Waals surface area contributed by atoms with Crippen molar-refractivity contribution in [3.05, 3.63) is 24.3 Å². The van der Waals surface area contributed by atoms with Crippen LogP contribution in [0.15, 0.2) is 24.3 Å². The van der Waals surface area contributed by atoms with E-state index in [1.807, 2.05) is 12.2 Å². The van der Waals surface area contributed by atoms with Crippen LogP contribution in [0.2, 0.25) is 0 Å². The zero-order chi connectivity index (χ0) is 12.9. The smallest absolute Gasteiger partial charge is 0.196 e. The van der Waals surface area contributed by atoms with Gasteiger partial charge < -0.3 is 14.6 Å². The van der Waals surface area contributed by atoms with E-state index in [0.29, 0.717) is 12.3 Å². The van der Waals surface area contributed by atoms with Crippen LogP contribution in [0.25, 0.3) is 0 Å². The molecule has 3 atom stereocenters. The Labute approximate surface area is 104 Å². The third kappa shape index (κ3) is 3.18. The maximum atomic E-state index is 10.4. The molecule has 98 valence electrons. The number of hydrogen-bond donors (Lipinski definition) is 1. The first kappa shape index (κ1) is 14.4. The third-order valence-electron chi connectivity index (χ3n) is 3.50. The Morgan fingerprint density at radius 3 is 2.76 bits per heavy atom. The van der Waals surface area contributed by atoms with Gasteiger partial charge in [0.1, 0.15) is 6.10 Å². The normalized spacial score (nSPS) is 33.3. The molecule has 0 heterocycles. The van der Waals surface area contributed by atoms with E-state index in [4.69, 9.17) is 9.47 Å². The van der Waals surface area contributed by atoms with E-state index in [0.717, 1.165) is 19.3 Å². The van der Waals surface area contributed by atoms with Crippen LogP contribution in [0.3, 0.4) is 0 Å². The lowest BCUT2D eigenvalue weighted by Gasteiger charge is -2.40. The van der Waals surface area contributed by atoms with Crippen molar-refractivity contribution in [2.45, 2.75) is 44.5 Å². The monoisotopic (exact) mass is 240 g/mol. The summed E-state index contributed by atoms with van der Waals surface area (Å²) in [5, 5.41) is 10.4. The van der Waals surface area contributed by atoms with Crippen molar-refractivity contribution in [2.75, 3.05) is 14.2 Å². The highest BCUT2D eigenvalue weighted by Crippen LogP contribution is 2.38. The van der Waals surface area contributed by atoms with Crippen molar-refractivity contribution in [1.82, 2.24) is 0 Å². The van der Waals surface area contributed by atoms with Crippen LogP contribution in [0.4, 0.5) is 0 Å². The van der Waals surface area contributed by atoms with E-state index in [1.54, 1.807) is 7.11 Å². The molecule has 0 aromatic heterocycles. The van der Waals surface area contributed by atoms with Crippen LogP contribution in [0.5, 0.6) is 0 Å². The number of aliphatic hydroxyl groups is 1. The van der Waals surface area contributed by atoms with Gasteiger partial charge in [-0.3, -0.25) is 0 Å². The minimum Gasteiger partial charge on any atom is -0.372 e. The number of ether oxygens (including phenoxy) is 2. The molecule has 0 radical (unpaired) electrons. The van der Waals surface area contributed by atoms with Gasteiger partial charge in [0, 0.05) is 20.6 Å². The second kappa shape index (κ2) is 6.34. The third-order valence-corrected chi connectivity index (χ3v) is 3.50. The molecular formula is C14H24O3. The molecule has 0 spiro atoms. The highest BCUT2D eigenvalue weighted by atomic mass is 16.6. The van der Waals surface area contributed by atoms with Gasteiger partial charge in [-0.05, 0) is 18.8 Å². The lowest BCUT2D eigenvalue weighted by molar-refractivity contribution is -0.248. The van der Waals surface area contributed by atoms with Crippen molar-refractivity contribution >= 4 is 0 Å². The van der Waals surface area contributed by atoms with E-state index in [2.05, 4.69) is 13.5 Å². The molecule has 0 aromatic carbocycles. The summed E-state index contributed by atoms with van der Waals surface area (Å²) in [6.45, 7) is 5.93. The fourth-order valence-corrected chi connectivity index (χ4v) is 2.55. The molecule has 3 nitrogen and oxygen atoms in total. The van der Waals surface area contributed by atoms with Gasteiger partial charge in [0.05, 0.1) is 0 Å². The number of allylic oxidation sites excluding steroid dienone is 2. The quantitative estimate of drug-likeness (QED) is 0.573. The fourth-order valence-electron chi connectivity index (χ4n) is 2.55. The minimum absolute atomic E-state index is 0.356. The second-order valence-corrected chi connectivity index (χ2v) is 4.63.